The molecule has 0 unspecified atom stereocenters. The van der Waals surface area contributed by atoms with Crippen LogP contribution in [0.25, 0.3) is 0 Å². The number of carbonyl (C=O) groups excluding carboxylic acids is 1. The summed E-state index contributed by atoms with van der Waals surface area (Å²) < 4.78 is 22.7. The van der Waals surface area contributed by atoms with Crippen molar-refractivity contribution in [3.63, 3.8) is 0 Å². The molecule has 1 saturated heterocycles. The number of anilines is 1. The van der Waals surface area contributed by atoms with Crippen molar-refractivity contribution >= 4 is 23.4 Å². The average Bonchev–Trinajstić information content (AvgIpc) is 2.59. The molecular formula is C19H27ClFN3O3. The number of nitrogens with zero attached hydrogens (tertiary/aromatic N) is 2. The second-order valence-corrected chi connectivity index (χ2v) is 7.61. The van der Waals surface area contributed by atoms with Crippen LogP contribution in [-0.2, 0) is 4.74 Å². The van der Waals surface area contributed by atoms with E-state index in [9.17, 15) is 9.18 Å². The van der Waals surface area contributed by atoms with Gasteiger partial charge in [0.25, 0.3) is 0 Å². The normalized spacial score (nSPS) is 14.7. The van der Waals surface area contributed by atoms with E-state index in [1.165, 1.54) is 0 Å². The van der Waals surface area contributed by atoms with Gasteiger partial charge in [-0.05, 0) is 39.0 Å². The van der Waals surface area contributed by atoms with E-state index in [1.54, 1.807) is 6.07 Å². The van der Waals surface area contributed by atoms with E-state index in [0.29, 0.717) is 29.7 Å². The SMILES string of the molecule is C=C(NC(=O)OC(C)(C)C)N1CCN(c2ccc(OCCF)c(Cl)c2)CC1. The highest BCUT2D eigenvalue weighted by molar-refractivity contribution is 6.32. The Kier molecular flexibility index (Phi) is 7.18. The van der Waals surface area contributed by atoms with E-state index in [-0.39, 0.29) is 6.61 Å². The quantitative estimate of drug-likeness (QED) is 0.788. The van der Waals surface area contributed by atoms with Crippen molar-refractivity contribution in [2.75, 3.05) is 44.4 Å². The van der Waals surface area contributed by atoms with Gasteiger partial charge in [-0.2, -0.15) is 0 Å². The van der Waals surface area contributed by atoms with Gasteiger partial charge in [0.05, 0.1) is 5.02 Å². The summed E-state index contributed by atoms with van der Waals surface area (Å²) in [6.45, 7) is 11.7. The molecule has 8 heteroatoms. The molecule has 0 aliphatic carbocycles. The molecule has 0 atom stereocenters. The van der Waals surface area contributed by atoms with Crippen LogP contribution in [0, 0.1) is 0 Å². The van der Waals surface area contributed by atoms with Gasteiger partial charge in [-0.3, -0.25) is 5.32 Å². The van der Waals surface area contributed by atoms with Crippen molar-refractivity contribution < 1.29 is 18.7 Å². The largest absolute Gasteiger partial charge is 0.489 e. The van der Waals surface area contributed by atoms with Gasteiger partial charge in [0, 0.05) is 31.9 Å². The Hall–Kier alpha value is -2.15. The number of halogens is 2. The van der Waals surface area contributed by atoms with Crippen LogP contribution in [0.5, 0.6) is 5.75 Å². The summed E-state index contributed by atoms with van der Waals surface area (Å²) in [4.78, 5) is 16.0. The fraction of sp³-hybridized carbons (Fsp3) is 0.526. The zero-order chi connectivity index (χ0) is 20.0. The van der Waals surface area contributed by atoms with Crippen molar-refractivity contribution in [1.29, 1.82) is 0 Å². The first kappa shape index (κ1) is 21.2. The van der Waals surface area contributed by atoms with Crippen molar-refractivity contribution in [3.8, 4) is 5.75 Å². The fourth-order valence-corrected chi connectivity index (χ4v) is 2.92. The van der Waals surface area contributed by atoms with Gasteiger partial charge in [-0.25, -0.2) is 9.18 Å². The van der Waals surface area contributed by atoms with Gasteiger partial charge in [-0.15, -0.1) is 0 Å². The lowest BCUT2D eigenvalue weighted by Gasteiger charge is -2.38. The van der Waals surface area contributed by atoms with Gasteiger partial charge in [0.1, 0.15) is 30.5 Å². The molecule has 6 nitrogen and oxygen atoms in total. The topological polar surface area (TPSA) is 54.0 Å². The Bertz CT molecular complexity index is 671. The van der Waals surface area contributed by atoms with Gasteiger partial charge in [0.15, 0.2) is 0 Å². The van der Waals surface area contributed by atoms with Crippen LogP contribution in [0.3, 0.4) is 0 Å². The number of piperazine rings is 1. The first-order chi connectivity index (χ1) is 12.7. The number of alkyl halides is 1. The summed E-state index contributed by atoms with van der Waals surface area (Å²) >= 11 is 6.21. The molecular weight excluding hydrogens is 373 g/mol. The molecule has 27 heavy (non-hydrogen) atoms. The minimum Gasteiger partial charge on any atom is -0.489 e. The minimum atomic E-state index is -0.554. The molecule has 1 heterocycles. The third-order valence-electron chi connectivity index (χ3n) is 3.92. The first-order valence-corrected chi connectivity index (χ1v) is 9.24. The summed E-state index contributed by atoms with van der Waals surface area (Å²) in [5.74, 6) is 1.00. The minimum absolute atomic E-state index is 0.00942. The van der Waals surface area contributed by atoms with Gasteiger partial charge < -0.3 is 19.3 Å². The maximum atomic E-state index is 12.2. The summed E-state index contributed by atoms with van der Waals surface area (Å²) in [6, 6.07) is 5.48. The number of hydrogen-bond donors (Lipinski definition) is 1. The molecule has 1 aliphatic rings. The third-order valence-corrected chi connectivity index (χ3v) is 4.22. The summed E-state index contributed by atoms with van der Waals surface area (Å²) in [5, 5.41) is 3.14. The van der Waals surface area contributed by atoms with E-state index >= 15 is 0 Å². The Morgan fingerprint density at radius 1 is 1.30 bits per heavy atom. The number of hydrogen-bond acceptors (Lipinski definition) is 5. The highest BCUT2D eigenvalue weighted by atomic mass is 35.5. The molecule has 0 bridgehead atoms. The van der Waals surface area contributed by atoms with E-state index in [1.807, 2.05) is 37.8 Å². The number of benzene rings is 1. The Labute approximate surface area is 164 Å². The standard InChI is InChI=1S/C19H27ClFN3O3/c1-14(22-18(25)27-19(2,3)4)23-8-10-24(11-9-23)15-5-6-17(16(20)13-15)26-12-7-21/h5-6,13H,1,7-12H2,2-4H3,(H,22,25). The zero-order valence-corrected chi connectivity index (χ0v) is 16.8. The maximum Gasteiger partial charge on any atom is 0.413 e. The lowest BCUT2D eigenvalue weighted by molar-refractivity contribution is 0.0526. The molecule has 2 rings (SSSR count). The van der Waals surface area contributed by atoms with Gasteiger partial charge in [0.2, 0.25) is 0 Å². The molecule has 1 amide bonds. The Balaban J connectivity index is 1.87. The number of carbonyl (C=O) groups is 1. The van der Waals surface area contributed by atoms with Crippen LogP contribution in [0.2, 0.25) is 5.02 Å². The molecule has 0 aromatic heterocycles. The number of ether oxygens (including phenoxy) is 2. The molecule has 1 aliphatic heterocycles. The number of alkyl carbamates (subject to hydrolysis) is 1. The van der Waals surface area contributed by atoms with Gasteiger partial charge in [-0.1, -0.05) is 18.2 Å². The lowest BCUT2D eigenvalue weighted by Crippen LogP contribution is -2.49. The lowest BCUT2D eigenvalue weighted by atomic mass is 10.2. The Morgan fingerprint density at radius 3 is 2.52 bits per heavy atom. The van der Waals surface area contributed by atoms with E-state index in [0.717, 1.165) is 18.8 Å². The van der Waals surface area contributed by atoms with Crippen LogP contribution in [-0.4, -0.2) is 56.1 Å². The summed E-state index contributed by atoms with van der Waals surface area (Å²) in [7, 11) is 0. The first-order valence-electron chi connectivity index (χ1n) is 8.87. The van der Waals surface area contributed by atoms with Crippen LogP contribution in [0.1, 0.15) is 20.8 Å². The van der Waals surface area contributed by atoms with E-state index in [4.69, 9.17) is 21.1 Å². The van der Waals surface area contributed by atoms with Crippen LogP contribution in [0.4, 0.5) is 14.9 Å². The molecule has 0 spiro atoms. The Morgan fingerprint density at radius 2 is 1.96 bits per heavy atom. The monoisotopic (exact) mass is 399 g/mol. The maximum absolute atomic E-state index is 12.2. The predicted molar refractivity (Wildman–Crippen MR) is 105 cm³/mol. The van der Waals surface area contributed by atoms with E-state index in [2.05, 4.69) is 16.8 Å². The highest BCUT2D eigenvalue weighted by Crippen LogP contribution is 2.30. The summed E-state index contributed by atoms with van der Waals surface area (Å²) in [6.07, 6.45) is -0.509. The number of nitrogens with one attached hydrogen (secondary N) is 1. The fourth-order valence-electron chi connectivity index (χ4n) is 2.69. The third kappa shape index (κ3) is 6.50. The molecule has 1 aromatic carbocycles. The second kappa shape index (κ2) is 9.17. The second-order valence-electron chi connectivity index (χ2n) is 7.20. The molecule has 1 fully saturated rings. The van der Waals surface area contributed by atoms with Crippen molar-refractivity contribution in [2.24, 2.45) is 0 Å². The van der Waals surface area contributed by atoms with Crippen LogP contribution >= 0.6 is 11.6 Å². The molecule has 1 N–H and O–H groups in total. The van der Waals surface area contributed by atoms with E-state index < -0.39 is 18.4 Å². The van der Waals surface area contributed by atoms with Crippen LogP contribution in [0.15, 0.2) is 30.6 Å². The molecule has 150 valence electrons. The smallest absolute Gasteiger partial charge is 0.413 e. The summed E-state index contributed by atoms with van der Waals surface area (Å²) in [5.41, 5.74) is 0.417. The molecule has 0 saturated carbocycles. The molecule has 0 radical (unpaired) electrons. The van der Waals surface area contributed by atoms with Gasteiger partial charge >= 0.3 is 6.09 Å². The molecule has 1 aromatic rings. The number of amides is 1. The zero-order valence-electron chi connectivity index (χ0n) is 16.1. The number of rotatable bonds is 6. The van der Waals surface area contributed by atoms with Crippen LogP contribution < -0.4 is 15.0 Å². The highest BCUT2D eigenvalue weighted by Gasteiger charge is 2.22. The predicted octanol–water partition coefficient (Wildman–Crippen LogP) is 3.81. The van der Waals surface area contributed by atoms with Crippen molar-refractivity contribution in [3.05, 3.63) is 35.6 Å². The van der Waals surface area contributed by atoms with Crippen molar-refractivity contribution in [1.82, 2.24) is 10.2 Å². The average molecular weight is 400 g/mol. The van der Waals surface area contributed by atoms with Crippen molar-refractivity contribution in [2.45, 2.75) is 26.4 Å².